The molecule has 0 unspecified atom stereocenters. The number of anilines is 1. The molecule has 0 aliphatic carbocycles. The van der Waals surface area contributed by atoms with Crippen molar-refractivity contribution < 1.29 is 23.8 Å². The van der Waals surface area contributed by atoms with Gasteiger partial charge in [-0.2, -0.15) is 0 Å². The van der Waals surface area contributed by atoms with Crippen LogP contribution in [0.15, 0.2) is 24.3 Å². The predicted octanol–water partition coefficient (Wildman–Crippen LogP) is 8.25. The molecule has 0 aliphatic heterocycles. The Labute approximate surface area is 194 Å². The van der Waals surface area contributed by atoms with Gasteiger partial charge in [-0.05, 0) is 25.0 Å². The third kappa shape index (κ3) is 15.5. The number of hydrogen-bond acceptors (Lipinski definition) is 5. The van der Waals surface area contributed by atoms with E-state index in [1.54, 1.807) is 24.3 Å². The van der Waals surface area contributed by atoms with Crippen LogP contribution in [0.2, 0.25) is 0 Å². The maximum absolute atomic E-state index is 11.9. The highest BCUT2D eigenvalue weighted by Gasteiger charge is 2.08. The molecule has 0 spiro atoms. The van der Waals surface area contributed by atoms with Crippen LogP contribution >= 0.6 is 0 Å². The number of nitrogens with one attached hydrogen (secondary N) is 1. The number of rotatable bonds is 18. The van der Waals surface area contributed by atoms with Crippen LogP contribution in [0.4, 0.5) is 15.3 Å². The van der Waals surface area contributed by atoms with Crippen molar-refractivity contribution in [1.82, 2.24) is 0 Å². The number of unbranched alkanes of at least 4 members (excludes halogenated alkanes) is 12. The normalized spacial score (nSPS) is 10.6. The van der Waals surface area contributed by atoms with Gasteiger partial charge in [0, 0.05) is 11.8 Å². The molecule has 6 heteroatoms. The van der Waals surface area contributed by atoms with Gasteiger partial charge in [-0.25, -0.2) is 9.59 Å². The molecule has 0 aliphatic rings. The number of amides is 1. The summed E-state index contributed by atoms with van der Waals surface area (Å²) in [6, 6.07) is 6.63. The lowest BCUT2D eigenvalue weighted by molar-refractivity contribution is 0.0973. The van der Waals surface area contributed by atoms with Crippen LogP contribution in [0, 0.1) is 0 Å². The van der Waals surface area contributed by atoms with Gasteiger partial charge in [0.25, 0.3) is 0 Å². The number of carbonyl (C=O) groups excluding carboxylic acids is 2. The van der Waals surface area contributed by atoms with Gasteiger partial charge in [-0.15, -0.1) is 0 Å². The van der Waals surface area contributed by atoms with Gasteiger partial charge in [0.15, 0.2) is 0 Å². The SMILES string of the molecule is CCCCCCCCCOC(=O)Nc1cccc(OC(=O)OCCCCCCCCC)c1. The lowest BCUT2D eigenvalue weighted by atomic mass is 10.1. The first-order valence-electron chi connectivity index (χ1n) is 12.5. The third-order valence-corrected chi connectivity index (χ3v) is 5.23. The van der Waals surface area contributed by atoms with Crippen LogP contribution in [-0.2, 0) is 9.47 Å². The zero-order valence-electron chi connectivity index (χ0n) is 20.2. The van der Waals surface area contributed by atoms with Crippen LogP contribution in [0.1, 0.15) is 104 Å². The molecule has 1 amide bonds. The fourth-order valence-corrected chi connectivity index (χ4v) is 3.36. The Morgan fingerprint density at radius 3 is 1.84 bits per heavy atom. The van der Waals surface area contributed by atoms with E-state index in [-0.39, 0.29) is 0 Å². The zero-order chi connectivity index (χ0) is 23.3. The first-order chi connectivity index (χ1) is 15.7. The van der Waals surface area contributed by atoms with Crippen molar-refractivity contribution in [3.05, 3.63) is 24.3 Å². The van der Waals surface area contributed by atoms with E-state index in [1.807, 2.05) is 0 Å². The fourth-order valence-electron chi connectivity index (χ4n) is 3.36. The van der Waals surface area contributed by atoms with Crippen LogP contribution in [-0.4, -0.2) is 25.5 Å². The first-order valence-corrected chi connectivity index (χ1v) is 12.5. The number of hydrogen-bond donors (Lipinski definition) is 1. The molecule has 0 fully saturated rings. The highest BCUT2D eigenvalue weighted by atomic mass is 16.7. The largest absolute Gasteiger partial charge is 0.513 e. The standard InChI is InChI=1S/C26H43NO5/c1-3-5-7-9-11-13-15-20-30-25(28)27-23-18-17-19-24(22-23)32-26(29)31-21-16-14-12-10-8-6-4-2/h17-19,22H,3-16,20-21H2,1-2H3,(H,27,28). The van der Waals surface area contributed by atoms with Crippen molar-refractivity contribution in [1.29, 1.82) is 0 Å². The van der Waals surface area contributed by atoms with Crippen molar-refractivity contribution in [3.63, 3.8) is 0 Å². The Hall–Kier alpha value is -2.24. The summed E-state index contributed by atoms with van der Waals surface area (Å²) < 4.78 is 15.5. The molecule has 6 nitrogen and oxygen atoms in total. The lowest BCUT2D eigenvalue weighted by Crippen LogP contribution is -2.15. The van der Waals surface area contributed by atoms with Crippen LogP contribution < -0.4 is 10.1 Å². The highest BCUT2D eigenvalue weighted by Crippen LogP contribution is 2.18. The summed E-state index contributed by atoms with van der Waals surface area (Å²) in [5.41, 5.74) is 0.506. The molecular formula is C26H43NO5. The monoisotopic (exact) mass is 449 g/mol. The topological polar surface area (TPSA) is 73.9 Å². The molecular weight excluding hydrogens is 406 g/mol. The van der Waals surface area contributed by atoms with Gasteiger partial charge < -0.3 is 14.2 Å². The summed E-state index contributed by atoms with van der Waals surface area (Å²) in [5.74, 6) is 0.319. The summed E-state index contributed by atoms with van der Waals surface area (Å²) in [6.45, 7) is 5.17. The van der Waals surface area contributed by atoms with Crippen molar-refractivity contribution >= 4 is 17.9 Å². The first kappa shape index (κ1) is 27.8. The van der Waals surface area contributed by atoms with E-state index in [4.69, 9.17) is 14.2 Å². The second kappa shape index (κ2) is 19.4. The van der Waals surface area contributed by atoms with E-state index < -0.39 is 12.2 Å². The molecule has 0 bridgehead atoms. The maximum Gasteiger partial charge on any atom is 0.513 e. The number of carbonyl (C=O) groups is 2. The van der Waals surface area contributed by atoms with Gasteiger partial charge in [0.2, 0.25) is 0 Å². The molecule has 1 aromatic carbocycles. The van der Waals surface area contributed by atoms with E-state index in [2.05, 4.69) is 19.2 Å². The second-order valence-corrected chi connectivity index (χ2v) is 8.23. The number of ether oxygens (including phenoxy) is 3. The van der Waals surface area contributed by atoms with Crippen molar-refractivity contribution in [2.45, 2.75) is 104 Å². The Balaban J connectivity index is 2.16. The molecule has 0 heterocycles. The van der Waals surface area contributed by atoms with Crippen LogP contribution in [0.3, 0.4) is 0 Å². The maximum atomic E-state index is 11.9. The average Bonchev–Trinajstić information content (AvgIpc) is 2.77. The minimum atomic E-state index is -0.727. The van der Waals surface area contributed by atoms with E-state index in [0.717, 1.165) is 25.7 Å². The average molecular weight is 450 g/mol. The predicted molar refractivity (Wildman–Crippen MR) is 129 cm³/mol. The molecule has 0 atom stereocenters. The molecule has 0 saturated heterocycles. The van der Waals surface area contributed by atoms with Crippen LogP contribution in [0.25, 0.3) is 0 Å². The van der Waals surface area contributed by atoms with Gasteiger partial charge in [-0.1, -0.05) is 97.0 Å². The summed E-state index contributed by atoms with van der Waals surface area (Å²) >= 11 is 0. The molecule has 1 rings (SSSR count). The summed E-state index contributed by atoms with van der Waals surface area (Å²) in [5, 5.41) is 2.66. The number of benzene rings is 1. The van der Waals surface area contributed by atoms with Crippen LogP contribution in [0.5, 0.6) is 5.75 Å². The fraction of sp³-hybridized carbons (Fsp3) is 0.692. The Bertz CT molecular complexity index is 571. The lowest BCUT2D eigenvalue weighted by Gasteiger charge is -2.09. The van der Waals surface area contributed by atoms with Crippen molar-refractivity contribution in [2.75, 3.05) is 18.5 Å². The Kier molecular flexibility index (Phi) is 16.9. The third-order valence-electron chi connectivity index (χ3n) is 5.23. The van der Waals surface area contributed by atoms with E-state index >= 15 is 0 Å². The zero-order valence-corrected chi connectivity index (χ0v) is 20.2. The Morgan fingerprint density at radius 2 is 1.25 bits per heavy atom. The highest BCUT2D eigenvalue weighted by molar-refractivity contribution is 5.85. The van der Waals surface area contributed by atoms with Gasteiger partial charge >= 0.3 is 12.2 Å². The molecule has 182 valence electrons. The van der Waals surface area contributed by atoms with Crippen molar-refractivity contribution in [3.8, 4) is 5.75 Å². The molecule has 0 aromatic heterocycles. The quantitative estimate of drug-likeness (QED) is 0.139. The molecule has 32 heavy (non-hydrogen) atoms. The Morgan fingerprint density at radius 1 is 0.719 bits per heavy atom. The van der Waals surface area contributed by atoms with Crippen molar-refractivity contribution in [2.24, 2.45) is 0 Å². The van der Waals surface area contributed by atoms with E-state index in [0.29, 0.717) is 24.7 Å². The summed E-state index contributed by atoms with van der Waals surface area (Å²) in [4.78, 5) is 23.8. The molecule has 0 saturated carbocycles. The minimum Gasteiger partial charge on any atom is -0.449 e. The minimum absolute atomic E-state index is 0.319. The molecule has 0 radical (unpaired) electrons. The van der Waals surface area contributed by atoms with E-state index in [9.17, 15) is 9.59 Å². The van der Waals surface area contributed by atoms with Gasteiger partial charge in [-0.3, -0.25) is 5.32 Å². The smallest absolute Gasteiger partial charge is 0.449 e. The molecule has 1 N–H and O–H groups in total. The summed E-state index contributed by atoms with van der Waals surface area (Å²) in [7, 11) is 0. The van der Waals surface area contributed by atoms with Gasteiger partial charge in [0.05, 0.1) is 13.2 Å². The summed E-state index contributed by atoms with van der Waals surface area (Å²) in [6.07, 6.45) is 15.0. The van der Waals surface area contributed by atoms with E-state index in [1.165, 1.54) is 64.2 Å². The van der Waals surface area contributed by atoms with Gasteiger partial charge in [0.1, 0.15) is 5.75 Å². The second-order valence-electron chi connectivity index (χ2n) is 8.23. The molecule has 1 aromatic rings.